The van der Waals surface area contributed by atoms with E-state index in [2.05, 4.69) is 0 Å². The first kappa shape index (κ1) is 18.3. The Balaban J connectivity index is 0.00000220. The Morgan fingerprint density at radius 1 is 1.29 bits per heavy atom. The van der Waals surface area contributed by atoms with Crippen LogP contribution in [0.1, 0.15) is 6.92 Å². The van der Waals surface area contributed by atoms with Crippen molar-refractivity contribution in [2.75, 3.05) is 31.5 Å². The fourth-order valence-electron chi connectivity index (χ4n) is 2.31. The van der Waals surface area contributed by atoms with Gasteiger partial charge in [-0.2, -0.15) is 0 Å². The number of rotatable bonds is 4. The van der Waals surface area contributed by atoms with Gasteiger partial charge in [0.15, 0.2) is 0 Å². The molecule has 0 saturated carbocycles. The second kappa shape index (κ2) is 7.02. The van der Waals surface area contributed by atoms with Crippen molar-refractivity contribution in [2.45, 2.75) is 6.92 Å². The first-order valence-electron chi connectivity index (χ1n) is 6.20. The van der Waals surface area contributed by atoms with Crippen molar-refractivity contribution in [2.24, 2.45) is 0 Å². The number of allylic oxidation sites excluding steroid dienone is 1. The molecule has 1 aromatic carbocycles. The van der Waals surface area contributed by atoms with Gasteiger partial charge in [0.2, 0.25) is 0 Å². The Kier molecular flexibility index (Phi) is 6.12. The van der Waals surface area contributed by atoms with Crippen LogP contribution in [0.25, 0.3) is 0 Å². The third kappa shape index (κ3) is 4.37. The van der Waals surface area contributed by atoms with Crippen molar-refractivity contribution in [3.63, 3.8) is 0 Å². The molecule has 0 unspecified atom stereocenters. The van der Waals surface area contributed by atoms with E-state index >= 15 is 0 Å². The smallest absolute Gasteiger partial charge is 0.747 e. The van der Waals surface area contributed by atoms with Gasteiger partial charge in [-0.25, -0.2) is 8.42 Å². The quantitative estimate of drug-likeness (QED) is 0.473. The van der Waals surface area contributed by atoms with Crippen LogP contribution in [-0.4, -0.2) is 49.4 Å². The molecule has 0 spiro atoms. The molecule has 1 aliphatic heterocycles. The van der Waals surface area contributed by atoms with Crippen LogP contribution < -0.4 is 34.6 Å². The standard InChI is InChI=1S/C13H19N3O3S.Na/c1-11-13(14(2)10-20(17,18)19)9-16(15(11)3)12-7-5-4-6-8-12;/h4-8H,9-10H2,1-3H3,(H,17,18,19);/q;+1/p-1. The summed E-state index contributed by atoms with van der Waals surface area (Å²) in [5, 5.41) is 3.98. The van der Waals surface area contributed by atoms with Gasteiger partial charge in [-0.3, -0.25) is 10.0 Å². The normalized spacial score (nSPS) is 15.2. The average molecular weight is 319 g/mol. The van der Waals surface area contributed by atoms with Crippen LogP contribution in [0, 0.1) is 0 Å². The zero-order chi connectivity index (χ0) is 14.9. The molecule has 1 heterocycles. The molecule has 0 N–H and O–H groups in total. The molecule has 0 fully saturated rings. The summed E-state index contributed by atoms with van der Waals surface area (Å²) in [5.41, 5.74) is 2.78. The largest absolute Gasteiger partial charge is 1.00 e. The van der Waals surface area contributed by atoms with Crippen LogP contribution in [0.2, 0.25) is 0 Å². The van der Waals surface area contributed by atoms with E-state index in [0.717, 1.165) is 17.1 Å². The van der Waals surface area contributed by atoms with Gasteiger partial charge in [0.25, 0.3) is 0 Å². The second-order valence-corrected chi connectivity index (χ2v) is 6.21. The van der Waals surface area contributed by atoms with Crippen LogP contribution in [0.5, 0.6) is 0 Å². The molecule has 0 atom stereocenters. The first-order valence-corrected chi connectivity index (χ1v) is 7.78. The molecular formula is C13H18N3NaO3S. The zero-order valence-electron chi connectivity index (χ0n) is 12.8. The maximum atomic E-state index is 10.9. The van der Waals surface area contributed by atoms with Gasteiger partial charge in [0.1, 0.15) is 16.0 Å². The Morgan fingerprint density at radius 2 is 1.86 bits per heavy atom. The summed E-state index contributed by atoms with van der Waals surface area (Å²) < 4.78 is 32.7. The number of benzene rings is 1. The van der Waals surface area contributed by atoms with Crippen molar-refractivity contribution in [1.82, 2.24) is 9.91 Å². The molecule has 110 valence electrons. The van der Waals surface area contributed by atoms with E-state index in [0.29, 0.717) is 6.54 Å². The van der Waals surface area contributed by atoms with Gasteiger partial charge < -0.3 is 9.45 Å². The number of anilines is 1. The molecule has 21 heavy (non-hydrogen) atoms. The summed E-state index contributed by atoms with van der Waals surface area (Å²) in [6, 6.07) is 9.80. The summed E-state index contributed by atoms with van der Waals surface area (Å²) in [6.45, 7) is 2.45. The molecule has 0 saturated heterocycles. The molecule has 2 rings (SSSR count). The monoisotopic (exact) mass is 319 g/mol. The van der Waals surface area contributed by atoms with E-state index < -0.39 is 16.0 Å². The number of hydrogen-bond acceptors (Lipinski definition) is 6. The van der Waals surface area contributed by atoms with Gasteiger partial charge >= 0.3 is 29.6 Å². The Hall–Kier alpha value is -0.730. The zero-order valence-corrected chi connectivity index (χ0v) is 15.6. The number of nitrogens with zero attached hydrogens (tertiary/aromatic N) is 3. The fourth-order valence-corrected chi connectivity index (χ4v) is 2.94. The Morgan fingerprint density at radius 3 is 2.38 bits per heavy atom. The van der Waals surface area contributed by atoms with E-state index in [9.17, 15) is 13.0 Å². The van der Waals surface area contributed by atoms with E-state index in [1.165, 1.54) is 4.90 Å². The van der Waals surface area contributed by atoms with E-state index in [1.54, 1.807) is 7.05 Å². The van der Waals surface area contributed by atoms with Gasteiger partial charge in [0.05, 0.1) is 23.6 Å². The topological polar surface area (TPSA) is 66.9 Å². The van der Waals surface area contributed by atoms with Crippen molar-refractivity contribution in [3.05, 3.63) is 41.7 Å². The summed E-state index contributed by atoms with van der Waals surface area (Å²) in [5.74, 6) is -0.518. The number of hydrazine groups is 1. The minimum absolute atomic E-state index is 0. The van der Waals surface area contributed by atoms with Crippen LogP contribution in [0.15, 0.2) is 41.7 Å². The van der Waals surface area contributed by atoms with Crippen molar-refractivity contribution in [1.29, 1.82) is 0 Å². The summed E-state index contributed by atoms with van der Waals surface area (Å²) in [6.07, 6.45) is 0. The van der Waals surface area contributed by atoms with E-state index in [4.69, 9.17) is 0 Å². The van der Waals surface area contributed by atoms with Crippen molar-refractivity contribution in [3.8, 4) is 0 Å². The Labute approximate surface area is 148 Å². The summed E-state index contributed by atoms with van der Waals surface area (Å²) in [4.78, 5) is 1.50. The minimum Gasteiger partial charge on any atom is -0.747 e. The predicted molar refractivity (Wildman–Crippen MR) is 76.6 cm³/mol. The van der Waals surface area contributed by atoms with Crippen molar-refractivity contribution < 1.29 is 42.5 Å². The maximum Gasteiger partial charge on any atom is 1.00 e. The predicted octanol–water partition coefficient (Wildman–Crippen LogP) is -1.98. The Bertz CT molecular complexity index is 619. The number of hydrogen-bond donors (Lipinski definition) is 0. The molecule has 0 aliphatic carbocycles. The average Bonchev–Trinajstić information content (AvgIpc) is 2.66. The molecule has 1 aromatic rings. The summed E-state index contributed by atoms with van der Waals surface area (Å²) in [7, 11) is -0.746. The van der Waals surface area contributed by atoms with Gasteiger partial charge in [-0.05, 0) is 19.1 Å². The molecule has 0 aromatic heterocycles. The molecule has 0 amide bonds. The maximum absolute atomic E-state index is 10.9. The minimum atomic E-state index is -4.28. The fraction of sp³-hybridized carbons (Fsp3) is 0.385. The molecule has 6 nitrogen and oxygen atoms in total. The molecule has 0 radical (unpaired) electrons. The van der Waals surface area contributed by atoms with Gasteiger partial charge in [-0.15, -0.1) is 0 Å². The first-order chi connectivity index (χ1) is 9.29. The van der Waals surface area contributed by atoms with Crippen LogP contribution >= 0.6 is 0 Å². The van der Waals surface area contributed by atoms with Crippen LogP contribution in [0.3, 0.4) is 0 Å². The van der Waals surface area contributed by atoms with Crippen molar-refractivity contribution >= 4 is 15.8 Å². The molecular weight excluding hydrogens is 301 g/mol. The third-order valence-corrected chi connectivity index (χ3v) is 4.14. The number of para-hydroxylation sites is 1. The number of likely N-dealkylation sites (N-methyl/N-ethyl adjacent to an activating group) is 1. The van der Waals surface area contributed by atoms with Gasteiger partial charge in [0, 0.05) is 14.1 Å². The molecule has 8 heteroatoms. The van der Waals surface area contributed by atoms with Gasteiger partial charge in [-0.1, -0.05) is 18.2 Å². The van der Waals surface area contributed by atoms with E-state index in [-0.39, 0.29) is 29.6 Å². The van der Waals surface area contributed by atoms with E-state index in [1.807, 2.05) is 54.3 Å². The second-order valence-electron chi connectivity index (χ2n) is 4.83. The molecule has 1 aliphatic rings. The third-order valence-electron chi connectivity index (χ3n) is 3.43. The SMILES string of the molecule is CC1=C(N(C)CS(=O)(=O)[O-])CN(c2ccccc2)N1C.[Na+]. The van der Waals surface area contributed by atoms with Crippen LogP contribution in [0.4, 0.5) is 5.69 Å². The molecule has 0 bridgehead atoms. The summed E-state index contributed by atoms with van der Waals surface area (Å²) >= 11 is 0. The van der Waals surface area contributed by atoms with Crippen LogP contribution in [-0.2, 0) is 10.1 Å².